The molecular formula is C10H14FNO4. The average Bonchev–Trinajstić information content (AvgIpc) is 2.24. The van der Waals surface area contributed by atoms with Crippen molar-refractivity contribution in [3.63, 3.8) is 0 Å². The zero-order valence-corrected chi connectivity index (χ0v) is 8.99. The van der Waals surface area contributed by atoms with E-state index < -0.39 is 23.4 Å². The van der Waals surface area contributed by atoms with Crippen molar-refractivity contribution in [3.05, 3.63) is 17.4 Å². The van der Waals surface area contributed by atoms with E-state index >= 15 is 0 Å². The van der Waals surface area contributed by atoms with Crippen LogP contribution in [0.2, 0.25) is 0 Å². The minimum Gasteiger partial charge on any atom is -0.504 e. The Bertz CT molecular complexity index is 384. The van der Waals surface area contributed by atoms with Gasteiger partial charge < -0.3 is 25.4 Å². The number of aromatic hydroxyl groups is 2. The van der Waals surface area contributed by atoms with E-state index in [1.54, 1.807) is 7.05 Å². The summed E-state index contributed by atoms with van der Waals surface area (Å²) in [5, 5.41) is 31.0. The van der Waals surface area contributed by atoms with Crippen LogP contribution in [0.3, 0.4) is 0 Å². The summed E-state index contributed by atoms with van der Waals surface area (Å²) in [5.41, 5.74) is -0.383. The Hall–Kier alpha value is -1.53. The molecule has 0 saturated heterocycles. The van der Waals surface area contributed by atoms with Crippen molar-refractivity contribution in [2.24, 2.45) is 0 Å². The van der Waals surface area contributed by atoms with Crippen LogP contribution in [-0.2, 0) is 0 Å². The molecule has 1 unspecified atom stereocenters. The second kappa shape index (κ2) is 5.00. The highest BCUT2D eigenvalue weighted by Crippen LogP contribution is 2.39. The van der Waals surface area contributed by atoms with E-state index in [1.807, 2.05) is 0 Å². The molecule has 0 saturated carbocycles. The summed E-state index contributed by atoms with van der Waals surface area (Å²) in [6, 6.07) is 0.945. The highest BCUT2D eigenvalue weighted by Gasteiger charge is 2.23. The first-order valence-electron chi connectivity index (χ1n) is 4.63. The number of aliphatic hydroxyl groups excluding tert-OH is 1. The van der Waals surface area contributed by atoms with Gasteiger partial charge in [0.05, 0.1) is 18.8 Å². The van der Waals surface area contributed by atoms with E-state index in [0.29, 0.717) is 0 Å². The summed E-state index contributed by atoms with van der Waals surface area (Å²) in [4.78, 5) is 0. The van der Waals surface area contributed by atoms with Gasteiger partial charge in [-0.3, -0.25) is 0 Å². The van der Waals surface area contributed by atoms with Crippen molar-refractivity contribution in [1.82, 2.24) is 5.32 Å². The number of ether oxygens (including phenoxy) is 1. The topological polar surface area (TPSA) is 82.0 Å². The number of hydrogen-bond acceptors (Lipinski definition) is 5. The predicted octanol–water partition coefficient (Wildman–Crippen LogP) is 0.498. The van der Waals surface area contributed by atoms with E-state index in [2.05, 4.69) is 10.1 Å². The highest BCUT2D eigenvalue weighted by molar-refractivity contribution is 5.52. The maximum absolute atomic E-state index is 13.7. The molecule has 0 aliphatic carbocycles. The van der Waals surface area contributed by atoms with Crippen LogP contribution in [0, 0.1) is 5.82 Å². The number of hydrogen-bond donors (Lipinski definition) is 4. The predicted molar refractivity (Wildman–Crippen MR) is 55.2 cm³/mol. The van der Waals surface area contributed by atoms with Crippen molar-refractivity contribution < 1.29 is 24.4 Å². The van der Waals surface area contributed by atoms with E-state index in [9.17, 15) is 19.7 Å². The van der Waals surface area contributed by atoms with Crippen molar-refractivity contribution >= 4 is 0 Å². The first-order chi connectivity index (χ1) is 7.52. The van der Waals surface area contributed by atoms with Gasteiger partial charge in [0.1, 0.15) is 0 Å². The van der Waals surface area contributed by atoms with Gasteiger partial charge in [-0.25, -0.2) is 4.39 Å². The van der Waals surface area contributed by atoms with Gasteiger partial charge in [-0.15, -0.1) is 0 Å². The Morgan fingerprint density at radius 2 is 2.12 bits per heavy atom. The average molecular weight is 231 g/mol. The summed E-state index contributed by atoms with van der Waals surface area (Å²) in [7, 11) is 2.79. The first-order valence-corrected chi connectivity index (χ1v) is 4.63. The molecule has 1 rings (SSSR count). The molecule has 0 aliphatic heterocycles. The second-order valence-corrected chi connectivity index (χ2v) is 3.25. The van der Waals surface area contributed by atoms with Gasteiger partial charge >= 0.3 is 0 Å². The third-order valence-corrected chi connectivity index (χ3v) is 2.17. The Morgan fingerprint density at radius 3 is 2.62 bits per heavy atom. The van der Waals surface area contributed by atoms with Crippen molar-refractivity contribution in [3.8, 4) is 17.2 Å². The number of nitrogens with one attached hydrogen (secondary N) is 1. The maximum Gasteiger partial charge on any atom is 0.174 e. The van der Waals surface area contributed by atoms with Crippen LogP contribution in [0.4, 0.5) is 4.39 Å². The van der Waals surface area contributed by atoms with Gasteiger partial charge in [-0.2, -0.15) is 0 Å². The molecule has 16 heavy (non-hydrogen) atoms. The van der Waals surface area contributed by atoms with Crippen LogP contribution < -0.4 is 10.1 Å². The number of rotatable bonds is 4. The number of likely N-dealkylation sites (N-methyl/N-ethyl adjacent to an activating group) is 1. The Morgan fingerprint density at radius 1 is 1.50 bits per heavy atom. The molecule has 1 aromatic rings. The number of phenols is 2. The molecule has 0 fully saturated rings. The molecule has 0 radical (unpaired) electrons. The molecule has 0 bridgehead atoms. The van der Waals surface area contributed by atoms with E-state index in [4.69, 9.17) is 0 Å². The molecule has 90 valence electrons. The van der Waals surface area contributed by atoms with Crippen molar-refractivity contribution in [2.45, 2.75) is 6.10 Å². The Balaban J connectivity index is 3.29. The quantitative estimate of drug-likeness (QED) is 0.567. The van der Waals surface area contributed by atoms with Crippen LogP contribution in [0.1, 0.15) is 11.7 Å². The van der Waals surface area contributed by atoms with E-state index in [0.717, 1.165) is 6.07 Å². The summed E-state index contributed by atoms with van der Waals surface area (Å²) in [6.45, 7) is 0.0388. The van der Waals surface area contributed by atoms with Crippen molar-refractivity contribution in [1.29, 1.82) is 0 Å². The molecule has 0 aromatic heterocycles. The molecule has 1 aromatic carbocycles. The number of aliphatic hydroxyl groups is 1. The lowest BCUT2D eigenvalue weighted by atomic mass is 10.1. The lowest BCUT2D eigenvalue weighted by Crippen LogP contribution is -2.18. The molecule has 5 nitrogen and oxygen atoms in total. The smallest absolute Gasteiger partial charge is 0.174 e. The molecule has 1 atom stereocenters. The maximum atomic E-state index is 13.7. The van der Waals surface area contributed by atoms with E-state index in [-0.39, 0.29) is 17.9 Å². The van der Waals surface area contributed by atoms with Crippen LogP contribution in [-0.4, -0.2) is 36.0 Å². The molecule has 6 heteroatoms. The van der Waals surface area contributed by atoms with Gasteiger partial charge in [-0.05, 0) is 7.05 Å². The number of phenolic OH excluding ortho intramolecular Hbond substituents is 2. The van der Waals surface area contributed by atoms with Crippen LogP contribution >= 0.6 is 0 Å². The molecule has 0 amide bonds. The van der Waals surface area contributed by atoms with Crippen molar-refractivity contribution in [2.75, 3.05) is 20.7 Å². The first kappa shape index (κ1) is 12.5. The lowest BCUT2D eigenvalue weighted by molar-refractivity contribution is 0.166. The summed E-state index contributed by atoms with van der Waals surface area (Å²) >= 11 is 0. The van der Waals surface area contributed by atoms with Crippen LogP contribution in [0.5, 0.6) is 17.2 Å². The zero-order valence-electron chi connectivity index (χ0n) is 8.99. The standard InChI is InChI=1S/C10H14FNO4/c1-12-4-6(14)8-9(11)7(16-2)3-5(13)10(8)15/h3,6,12-15H,4H2,1-2H3. The van der Waals surface area contributed by atoms with E-state index in [1.165, 1.54) is 7.11 Å². The second-order valence-electron chi connectivity index (χ2n) is 3.25. The molecular weight excluding hydrogens is 217 g/mol. The third-order valence-electron chi connectivity index (χ3n) is 2.17. The van der Waals surface area contributed by atoms with Gasteiger partial charge in [0.25, 0.3) is 0 Å². The summed E-state index contributed by atoms with van der Waals surface area (Å²) in [5.74, 6) is -2.34. The highest BCUT2D eigenvalue weighted by atomic mass is 19.1. The zero-order chi connectivity index (χ0) is 12.3. The monoisotopic (exact) mass is 231 g/mol. The molecule has 0 aliphatic rings. The van der Waals surface area contributed by atoms with Gasteiger partial charge in [0, 0.05) is 12.6 Å². The minimum absolute atomic E-state index is 0.0388. The van der Waals surface area contributed by atoms with Gasteiger partial charge in [0.15, 0.2) is 23.1 Å². The number of halogens is 1. The molecule has 0 heterocycles. The van der Waals surface area contributed by atoms with Gasteiger partial charge in [0.2, 0.25) is 0 Å². The fourth-order valence-electron chi connectivity index (χ4n) is 1.38. The normalized spacial score (nSPS) is 12.5. The number of benzene rings is 1. The Kier molecular flexibility index (Phi) is 3.92. The Labute approximate surface area is 92.1 Å². The lowest BCUT2D eigenvalue weighted by Gasteiger charge is -2.15. The third kappa shape index (κ3) is 2.17. The SMILES string of the molecule is CNCC(O)c1c(O)c(O)cc(OC)c1F. The fraction of sp³-hybridized carbons (Fsp3) is 0.400. The molecule has 4 N–H and O–H groups in total. The fourth-order valence-corrected chi connectivity index (χ4v) is 1.38. The van der Waals surface area contributed by atoms with Gasteiger partial charge in [-0.1, -0.05) is 0 Å². The number of methoxy groups -OCH3 is 1. The van der Waals surface area contributed by atoms with Crippen LogP contribution in [0.15, 0.2) is 6.07 Å². The summed E-state index contributed by atoms with van der Waals surface area (Å²) in [6.07, 6.45) is -1.27. The minimum atomic E-state index is -1.27. The van der Waals surface area contributed by atoms with Crippen LogP contribution in [0.25, 0.3) is 0 Å². The largest absolute Gasteiger partial charge is 0.504 e. The summed E-state index contributed by atoms with van der Waals surface area (Å²) < 4.78 is 18.4. The molecule has 0 spiro atoms.